The van der Waals surface area contributed by atoms with E-state index in [0.717, 1.165) is 11.3 Å². The van der Waals surface area contributed by atoms with Crippen LogP contribution < -0.4 is 4.74 Å². The number of methoxy groups -OCH3 is 1. The van der Waals surface area contributed by atoms with E-state index in [9.17, 15) is 4.79 Å². The van der Waals surface area contributed by atoms with E-state index in [1.54, 1.807) is 24.1 Å². The number of aliphatic carboxylic acids is 1. The summed E-state index contributed by atoms with van der Waals surface area (Å²) in [7, 11) is 1.59. The number of aryl methyl sites for hydroxylation is 1. The summed E-state index contributed by atoms with van der Waals surface area (Å²) in [5.41, 5.74) is 2.40. The van der Waals surface area contributed by atoms with Crippen LogP contribution in [0.3, 0.4) is 0 Å². The van der Waals surface area contributed by atoms with Crippen LogP contribution in [-0.4, -0.2) is 28.0 Å². The highest BCUT2D eigenvalue weighted by Gasteiger charge is 2.09. The van der Waals surface area contributed by atoms with Crippen LogP contribution in [0.4, 0.5) is 0 Å². The molecule has 5 heteroatoms. The van der Waals surface area contributed by atoms with Crippen molar-refractivity contribution < 1.29 is 14.6 Å². The first kappa shape index (κ1) is 12.2. The number of carboxylic acids is 1. The van der Waals surface area contributed by atoms with Crippen molar-refractivity contribution in [1.82, 2.24) is 9.78 Å². The molecular weight excluding hydrogens is 232 g/mol. The van der Waals surface area contributed by atoms with E-state index in [-0.39, 0.29) is 6.42 Å². The first-order chi connectivity index (χ1) is 8.60. The van der Waals surface area contributed by atoms with Gasteiger partial charge in [-0.3, -0.25) is 4.79 Å². The number of aromatic nitrogens is 2. The van der Waals surface area contributed by atoms with E-state index in [0.29, 0.717) is 11.4 Å². The maximum atomic E-state index is 10.6. The molecule has 5 nitrogen and oxygen atoms in total. The van der Waals surface area contributed by atoms with Gasteiger partial charge >= 0.3 is 5.97 Å². The zero-order chi connectivity index (χ0) is 13.1. The molecule has 0 saturated heterocycles. The summed E-state index contributed by atoms with van der Waals surface area (Å²) in [6, 6.07) is 7.44. The number of carboxylic acid groups (broad SMARTS) is 1. The highest BCUT2D eigenvalue weighted by Crippen LogP contribution is 2.23. The molecule has 18 heavy (non-hydrogen) atoms. The predicted molar refractivity (Wildman–Crippen MR) is 66.2 cm³/mol. The van der Waals surface area contributed by atoms with Crippen molar-refractivity contribution in [2.24, 2.45) is 0 Å². The Morgan fingerprint density at radius 2 is 2.22 bits per heavy atom. The first-order valence-electron chi connectivity index (χ1n) is 5.51. The molecule has 0 atom stereocenters. The predicted octanol–water partition coefficient (Wildman–Crippen LogP) is 1.82. The molecule has 0 unspecified atom stereocenters. The minimum atomic E-state index is -0.892. The van der Waals surface area contributed by atoms with Crippen LogP contribution in [-0.2, 0) is 11.2 Å². The Morgan fingerprint density at radius 1 is 1.44 bits per heavy atom. The van der Waals surface area contributed by atoms with E-state index in [1.807, 2.05) is 25.1 Å². The lowest BCUT2D eigenvalue weighted by atomic mass is 10.2. The second-order valence-electron chi connectivity index (χ2n) is 4.00. The van der Waals surface area contributed by atoms with Crippen LogP contribution in [0.15, 0.2) is 30.5 Å². The van der Waals surface area contributed by atoms with E-state index >= 15 is 0 Å². The van der Waals surface area contributed by atoms with Crippen molar-refractivity contribution in [2.75, 3.05) is 7.11 Å². The van der Waals surface area contributed by atoms with Gasteiger partial charge in [0.2, 0.25) is 0 Å². The topological polar surface area (TPSA) is 64.3 Å². The monoisotopic (exact) mass is 246 g/mol. The van der Waals surface area contributed by atoms with Gasteiger partial charge in [0.1, 0.15) is 11.4 Å². The molecular formula is C13H14N2O3. The molecule has 1 heterocycles. The number of rotatable bonds is 4. The van der Waals surface area contributed by atoms with E-state index < -0.39 is 5.97 Å². The van der Waals surface area contributed by atoms with Crippen LogP contribution in [0, 0.1) is 6.92 Å². The highest BCUT2D eigenvalue weighted by atomic mass is 16.5. The number of hydrogen-bond donors (Lipinski definition) is 1. The minimum absolute atomic E-state index is 0.0822. The fraction of sp³-hybridized carbons (Fsp3) is 0.231. The number of nitrogens with zero attached hydrogens (tertiary/aromatic N) is 2. The van der Waals surface area contributed by atoms with Crippen molar-refractivity contribution in [3.63, 3.8) is 0 Å². The number of carbonyl (C=O) groups is 1. The lowest BCUT2D eigenvalue weighted by Gasteiger charge is -2.09. The van der Waals surface area contributed by atoms with Gasteiger partial charge < -0.3 is 9.84 Å². The van der Waals surface area contributed by atoms with Gasteiger partial charge in [0.25, 0.3) is 0 Å². The molecule has 94 valence electrons. The van der Waals surface area contributed by atoms with Crippen LogP contribution in [0.1, 0.15) is 11.3 Å². The zero-order valence-corrected chi connectivity index (χ0v) is 10.3. The summed E-state index contributed by atoms with van der Waals surface area (Å²) in [6.45, 7) is 1.98. The van der Waals surface area contributed by atoms with Gasteiger partial charge in [0, 0.05) is 6.20 Å². The molecule has 1 N–H and O–H groups in total. The van der Waals surface area contributed by atoms with E-state index in [2.05, 4.69) is 5.10 Å². The van der Waals surface area contributed by atoms with Crippen LogP contribution in [0.5, 0.6) is 5.75 Å². The Labute approximate surface area is 105 Å². The molecule has 0 aliphatic rings. The molecule has 0 amide bonds. The standard InChI is InChI=1S/C13H14N2O3/c1-9-3-4-12(18-2)11(7-9)15-6-5-10(14-15)8-13(16)17/h3-7H,8H2,1-2H3,(H,16,17). The fourth-order valence-electron chi connectivity index (χ4n) is 1.72. The van der Waals surface area contributed by atoms with Gasteiger partial charge in [-0.05, 0) is 30.7 Å². The Bertz CT molecular complexity index is 575. The van der Waals surface area contributed by atoms with Gasteiger partial charge in [-0.25, -0.2) is 4.68 Å². The minimum Gasteiger partial charge on any atom is -0.494 e. The summed E-state index contributed by atoms with van der Waals surface area (Å²) in [5.74, 6) is -0.193. The smallest absolute Gasteiger partial charge is 0.309 e. The molecule has 0 aliphatic carbocycles. The van der Waals surface area contributed by atoms with Gasteiger partial charge in [-0.15, -0.1) is 0 Å². The van der Waals surface area contributed by atoms with Gasteiger partial charge in [0.15, 0.2) is 0 Å². The summed E-state index contributed by atoms with van der Waals surface area (Å²) in [5, 5.41) is 12.9. The lowest BCUT2D eigenvalue weighted by molar-refractivity contribution is -0.136. The molecule has 0 radical (unpaired) electrons. The molecule has 0 fully saturated rings. The van der Waals surface area contributed by atoms with E-state index in [1.165, 1.54) is 0 Å². The third kappa shape index (κ3) is 2.51. The largest absolute Gasteiger partial charge is 0.494 e. The van der Waals surface area contributed by atoms with Gasteiger partial charge in [-0.1, -0.05) is 6.07 Å². The van der Waals surface area contributed by atoms with Crippen molar-refractivity contribution >= 4 is 5.97 Å². The van der Waals surface area contributed by atoms with Crippen molar-refractivity contribution in [3.05, 3.63) is 41.7 Å². The van der Waals surface area contributed by atoms with Crippen molar-refractivity contribution in [3.8, 4) is 11.4 Å². The average molecular weight is 246 g/mol. The molecule has 0 bridgehead atoms. The van der Waals surface area contributed by atoms with Crippen LogP contribution in [0.2, 0.25) is 0 Å². The van der Waals surface area contributed by atoms with Crippen molar-refractivity contribution in [1.29, 1.82) is 0 Å². The maximum absolute atomic E-state index is 10.6. The zero-order valence-electron chi connectivity index (χ0n) is 10.3. The summed E-state index contributed by atoms with van der Waals surface area (Å²) >= 11 is 0. The van der Waals surface area contributed by atoms with E-state index in [4.69, 9.17) is 9.84 Å². The normalized spacial score (nSPS) is 10.3. The number of ether oxygens (including phenoxy) is 1. The molecule has 0 aliphatic heterocycles. The quantitative estimate of drug-likeness (QED) is 0.893. The lowest BCUT2D eigenvalue weighted by Crippen LogP contribution is -2.03. The van der Waals surface area contributed by atoms with Crippen LogP contribution >= 0.6 is 0 Å². The SMILES string of the molecule is COc1ccc(C)cc1-n1ccc(CC(=O)O)n1. The summed E-state index contributed by atoms with van der Waals surface area (Å²) in [4.78, 5) is 10.6. The summed E-state index contributed by atoms with van der Waals surface area (Å²) < 4.78 is 6.90. The third-order valence-corrected chi connectivity index (χ3v) is 2.56. The number of benzene rings is 1. The average Bonchev–Trinajstić information content (AvgIpc) is 2.76. The van der Waals surface area contributed by atoms with Crippen molar-refractivity contribution in [2.45, 2.75) is 13.3 Å². The van der Waals surface area contributed by atoms with Crippen LogP contribution in [0.25, 0.3) is 5.69 Å². The van der Waals surface area contributed by atoms with Gasteiger partial charge in [0.05, 0.1) is 19.2 Å². The molecule has 1 aromatic carbocycles. The van der Waals surface area contributed by atoms with Gasteiger partial charge in [-0.2, -0.15) is 5.10 Å². The maximum Gasteiger partial charge on any atom is 0.309 e. The summed E-state index contributed by atoms with van der Waals surface area (Å²) in [6.07, 6.45) is 1.65. The first-order valence-corrected chi connectivity index (χ1v) is 5.51. The second-order valence-corrected chi connectivity index (χ2v) is 4.00. The molecule has 2 aromatic rings. The Balaban J connectivity index is 2.38. The Morgan fingerprint density at radius 3 is 2.89 bits per heavy atom. The molecule has 2 rings (SSSR count). The second kappa shape index (κ2) is 4.91. The Kier molecular flexibility index (Phi) is 3.32. The molecule has 0 spiro atoms. The number of hydrogen-bond acceptors (Lipinski definition) is 3. The fourth-order valence-corrected chi connectivity index (χ4v) is 1.72. The Hall–Kier alpha value is -2.30. The molecule has 1 aromatic heterocycles. The molecule has 0 saturated carbocycles. The highest BCUT2D eigenvalue weighted by molar-refractivity contribution is 5.69. The third-order valence-electron chi connectivity index (χ3n) is 2.56.